The molecule has 1 saturated carbocycles. The third kappa shape index (κ3) is 2.92. The Balaban J connectivity index is 1.68. The number of rotatable bonds is 5. The number of nitrogens with zero attached hydrogens (tertiary/aromatic N) is 1. The van der Waals surface area contributed by atoms with E-state index in [0.29, 0.717) is 6.61 Å². The van der Waals surface area contributed by atoms with E-state index in [1.807, 2.05) is 13.8 Å². The SMILES string of the molecule is CC(C)OCC(O)CN1CC2CCC1C2. The second-order valence-corrected chi connectivity index (χ2v) is 5.32. The van der Waals surface area contributed by atoms with Crippen LogP contribution >= 0.6 is 0 Å². The van der Waals surface area contributed by atoms with Gasteiger partial charge in [0.05, 0.1) is 18.8 Å². The maximum atomic E-state index is 9.82. The van der Waals surface area contributed by atoms with Crippen LogP contribution in [0.3, 0.4) is 0 Å². The first-order valence-corrected chi connectivity index (χ1v) is 6.19. The minimum absolute atomic E-state index is 0.217. The van der Waals surface area contributed by atoms with Crippen LogP contribution in [-0.4, -0.2) is 48.0 Å². The number of fused-ring (bicyclic) bond motifs is 2. The van der Waals surface area contributed by atoms with Gasteiger partial charge in [-0.3, -0.25) is 4.90 Å². The lowest BCUT2D eigenvalue weighted by Gasteiger charge is -2.28. The van der Waals surface area contributed by atoms with E-state index in [1.165, 1.54) is 25.8 Å². The van der Waals surface area contributed by atoms with E-state index in [-0.39, 0.29) is 12.2 Å². The Morgan fingerprint density at radius 2 is 2.20 bits per heavy atom. The van der Waals surface area contributed by atoms with Crippen molar-refractivity contribution in [2.24, 2.45) is 5.92 Å². The first-order chi connectivity index (χ1) is 7.15. The van der Waals surface area contributed by atoms with Crippen molar-refractivity contribution in [3.8, 4) is 0 Å². The third-order valence-electron chi connectivity index (χ3n) is 3.59. The highest BCUT2D eigenvalue weighted by Crippen LogP contribution is 2.37. The van der Waals surface area contributed by atoms with Gasteiger partial charge >= 0.3 is 0 Å². The quantitative estimate of drug-likeness (QED) is 0.746. The van der Waals surface area contributed by atoms with Gasteiger partial charge in [-0.25, -0.2) is 0 Å². The molecule has 3 nitrogen and oxygen atoms in total. The van der Waals surface area contributed by atoms with E-state index in [0.717, 1.165) is 18.5 Å². The average molecular weight is 213 g/mol. The van der Waals surface area contributed by atoms with Crippen LogP contribution in [0.25, 0.3) is 0 Å². The molecular weight excluding hydrogens is 190 g/mol. The number of piperidine rings is 1. The number of likely N-dealkylation sites (tertiary alicyclic amines) is 1. The Bertz CT molecular complexity index is 208. The number of aliphatic hydroxyl groups is 1. The van der Waals surface area contributed by atoms with Gasteiger partial charge in [0.25, 0.3) is 0 Å². The number of hydrogen-bond acceptors (Lipinski definition) is 3. The molecule has 1 N–H and O–H groups in total. The highest BCUT2D eigenvalue weighted by molar-refractivity contribution is 4.92. The number of aliphatic hydroxyl groups excluding tert-OH is 1. The summed E-state index contributed by atoms with van der Waals surface area (Å²) in [5.74, 6) is 0.910. The second kappa shape index (κ2) is 4.81. The zero-order chi connectivity index (χ0) is 10.8. The molecule has 2 aliphatic rings. The zero-order valence-corrected chi connectivity index (χ0v) is 9.85. The largest absolute Gasteiger partial charge is 0.389 e. The monoisotopic (exact) mass is 213 g/mol. The second-order valence-electron chi connectivity index (χ2n) is 5.32. The molecule has 0 aromatic heterocycles. The van der Waals surface area contributed by atoms with Crippen molar-refractivity contribution in [2.75, 3.05) is 19.7 Å². The minimum atomic E-state index is -0.313. The van der Waals surface area contributed by atoms with E-state index in [2.05, 4.69) is 4.90 Å². The van der Waals surface area contributed by atoms with Crippen molar-refractivity contribution in [1.82, 2.24) is 4.90 Å². The predicted molar refractivity (Wildman–Crippen MR) is 59.8 cm³/mol. The molecule has 3 atom stereocenters. The van der Waals surface area contributed by atoms with Crippen LogP contribution in [0, 0.1) is 5.92 Å². The molecule has 88 valence electrons. The van der Waals surface area contributed by atoms with E-state index >= 15 is 0 Å². The maximum absolute atomic E-state index is 9.82. The highest BCUT2D eigenvalue weighted by atomic mass is 16.5. The Labute approximate surface area is 92.4 Å². The van der Waals surface area contributed by atoms with Crippen molar-refractivity contribution in [2.45, 2.75) is 51.4 Å². The summed E-state index contributed by atoms with van der Waals surface area (Å²) in [7, 11) is 0. The van der Waals surface area contributed by atoms with Crippen LogP contribution in [0.4, 0.5) is 0 Å². The molecule has 1 aliphatic heterocycles. The van der Waals surface area contributed by atoms with Crippen molar-refractivity contribution < 1.29 is 9.84 Å². The van der Waals surface area contributed by atoms with Gasteiger partial charge in [0, 0.05) is 19.1 Å². The van der Waals surface area contributed by atoms with Crippen LogP contribution < -0.4 is 0 Å². The van der Waals surface area contributed by atoms with Gasteiger partial charge in [0.1, 0.15) is 0 Å². The zero-order valence-electron chi connectivity index (χ0n) is 9.85. The fraction of sp³-hybridized carbons (Fsp3) is 1.00. The summed E-state index contributed by atoms with van der Waals surface area (Å²) < 4.78 is 5.42. The topological polar surface area (TPSA) is 32.7 Å². The van der Waals surface area contributed by atoms with Gasteiger partial charge < -0.3 is 9.84 Å². The smallest absolute Gasteiger partial charge is 0.0900 e. The average Bonchev–Trinajstić information content (AvgIpc) is 2.76. The van der Waals surface area contributed by atoms with Crippen molar-refractivity contribution in [1.29, 1.82) is 0 Å². The van der Waals surface area contributed by atoms with E-state index in [1.54, 1.807) is 0 Å². The van der Waals surface area contributed by atoms with Gasteiger partial charge in [-0.2, -0.15) is 0 Å². The highest BCUT2D eigenvalue weighted by Gasteiger charge is 2.38. The summed E-state index contributed by atoms with van der Waals surface area (Å²) in [6.45, 7) is 6.48. The molecule has 3 heteroatoms. The molecule has 0 amide bonds. The van der Waals surface area contributed by atoms with Crippen LogP contribution in [0.5, 0.6) is 0 Å². The summed E-state index contributed by atoms with van der Waals surface area (Å²) in [4.78, 5) is 2.45. The first-order valence-electron chi connectivity index (χ1n) is 6.19. The van der Waals surface area contributed by atoms with E-state index in [4.69, 9.17) is 4.74 Å². The van der Waals surface area contributed by atoms with Crippen LogP contribution in [-0.2, 0) is 4.74 Å². The summed E-state index contributed by atoms with van der Waals surface area (Å²) in [5, 5.41) is 9.82. The summed E-state index contributed by atoms with van der Waals surface area (Å²) in [5.41, 5.74) is 0. The Morgan fingerprint density at radius 1 is 1.40 bits per heavy atom. The number of hydrogen-bond donors (Lipinski definition) is 1. The molecule has 15 heavy (non-hydrogen) atoms. The molecule has 2 fully saturated rings. The van der Waals surface area contributed by atoms with Gasteiger partial charge in [-0.1, -0.05) is 0 Å². The molecule has 0 aromatic carbocycles. The van der Waals surface area contributed by atoms with Crippen LogP contribution in [0.1, 0.15) is 33.1 Å². The predicted octanol–water partition coefficient (Wildman–Crippen LogP) is 1.26. The number of ether oxygens (including phenoxy) is 1. The molecule has 1 aliphatic carbocycles. The van der Waals surface area contributed by atoms with Crippen molar-refractivity contribution >= 4 is 0 Å². The Hall–Kier alpha value is -0.120. The molecule has 3 unspecified atom stereocenters. The minimum Gasteiger partial charge on any atom is -0.389 e. The fourth-order valence-corrected chi connectivity index (χ4v) is 2.88. The summed E-state index contributed by atoms with van der Waals surface area (Å²) >= 11 is 0. The molecule has 1 saturated heterocycles. The Morgan fingerprint density at radius 3 is 2.73 bits per heavy atom. The molecular formula is C12H23NO2. The molecule has 1 heterocycles. The van der Waals surface area contributed by atoms with Gasteiger partial charge in [0.2, 0.25) is 0 Å². The van der Waals surface area contributed by atoms with Crippen LogP contribution in [0.15, 0.2) is 0 Å². The van der Waals surface area contributed by atoms with E-state index in [9.17, 15) is 5.11 Å². The molecule has 2 bridgehead atoms. The number of β-amino-alcohol motifs (C(OH)–C–C–N with tert-alkyl or cyclic N) is 1. The molecule has 0 radical (unpaired) electrons. The Kier molecular flexibility index (Phi) is 3.65. The fourth-order valence-electron chi connectivity index (χ4n) is 2.88. The first kappa shape index (κ1) is 11.4. The maximum Gasteiger partial charge on any atom is 0.0900 e. The van der Waals surface area contributed by atoms with Crippen LogP contribution in [0.2, 0.25) is 0 Å². The van der Waals surface area contributed by atoms with Gasteiger partial charge in [0.15, 0.2) is 0 Å². The van der Waals surface area contributed by atoms with Gasteiger partial charge in [-0.15, -0.1) is 0 Å². The third-order valence-corrected chi connectivity index (χ3v) is 3.59. The summed E-state index contributed by atoms with van der Waals surface area (Å²) in [6, 6.07) is 0.753. The molecule has 0 spiro atoms. The standard InChI is InChI=1S/C12H23NO2/c1-9(2)15-8-12(14)7-13-6-10-3-4-11(13)5-10/h9-12,14H,3-8H2,1-2H3. The van der Waals surface area contributed by atoms with Gasteiger partial charge in [-0.05, 0) is 39.0 Å². The molecule has 0 aromatic rings. The lowest BCUT2D eigenvalue weighted by molar-refractivity contribution is -0.0122. The lowest BCUT2D eigenvalue weighted by atomic mass is 10.1. The normalized spacial score (nSPS) is 32.8. The van der Waals surface area contributed by atoms with Crippen molar-refractivity contribution in [3.05, 3.63) is 0 Å². The van der Waals surface area contributed by atoms with Crippen molar-refractivity contribution in [3.63, 3.8) is 0 Å². The van der Waals surface area contributed by atoms with E-state index < -0.39 is 0 Å². The summed E-state index contributed by atoms with van der Waals surface area (Å²) in [6.07, 6.45) is 4.00. The molecule has 2 rings (SSSR count). The lowest BCUT2D eigenvalue weighted by Crippen LogP contribution is -2.40.